The SMILES string of the molecule is COc1cc2ncc(-c3ccc(OC(C)=O)c(F)c3)nc2cc1OC. The number of hydrogen-bond donors (Lipinski definition) is 0. The zero-order valence-electron chi connectivity index (χ0n) is 13.9. The van der Waals surface area contributed by atoms with Gasteiger partial charge in [0.2, 0.25) is 0 Å². The third kappa shape index (κ3) is 3.35. The maximum Gasteiger partial charge on any atom is 0.308 e. The summed E-state index contributed by atoms with van der Waals surface area (Å²) >= 11 is 0. The molecule has 1 heterocycles. The highest BCUT2D eigenvalue weighted by Gasteiger charge is 2.12. The number of nitrogens with zero attached hydrogens (tertiary/aromatic N) is 2. The highest BCUT2D eigenvalue weighted by Crippen LogP contribution is 2.32. The highest BCUT2D eigenvalue weighted by atomic mass is 19.1. The van der Waals surface area contributed by atoms with E-state index in [0.29, 0.717) is 33.8 Å². The second-order valence-corrected chi connectivity index (χ2v) is 5.19. The molecule has 128 valence electrons. The van der Waals surface area contributed by atoms with Crippen molar-refractivity contribution < 1.29 is 23.4 Å². The summed E-state index contributed by atoms with van der Waals surface area (Å²) in [5.74, 6) is -0.289. The van der Waals surface area contributed by atoms with E-state index in [9.17, 15) is 9.18 Å². The molecule has 0 radical (unpaired) electrons. The minimum Gasteiger partial charge on any atom is -0.493 e. The lowest BCUT2D eigenvalue weighted by molar-refractivity contribution is -0.132. The number of aromatic nitrogens is 2. The second-order valence-electron chi connectivity index (χ2n) is 5.19. The molecule has 7 heteroatoms. The topological polar surface area (TPSA) is 70.5 Å². The molecule has 0 fully saturated rings. The maximum absolute atomic E-state index is 14.1. The van der Waals surface area contributed by atoms with Crippen LogP contribution in [0, 0.1) is 5.82 Å². The quantitative estimate of drug-likeness (QED) is 0.535. The number of carbonyl (C=O) groups excluding carboxylic acids is 1. The van der Waals surface area contributed by atoms with Crippen LogP contribution in [0.15, 0.2) is 36.5 Å². The first kappa shape index (κ1) is 16.6. The lowest BCUT2D eigenvalue weighted by Crippen LogP contribution is -2.03. The summed E-state index contributed by atoms with van der Waals surface area (Å²) in [5.41, 5.74) is 2.20. The molecule has 3 aromatic rings. The minimum absolute atomic E-state index is 0.128. The van der Waals surface area contributed by atoms with Crippen molar-refractivity contribution in [3.8, 4) is 28.5 Å². The van der Waals surface area contributed by atoms with Crippen LogP contribution in [-0.2, 0) is 4.79 Å². The first-order valence-corrected chi connectivity index (χ1v) is 7.39. The molecule has 1 aromatic heterocycles. The molecular weight excluding hydrogens is 327 g/mol. The smallest absolute Gasteiger partial charge is 0.308 e. The molecule has 6 nitrogen and oxygen atoms in total. The van der Waals surface area contributed by atoms with Crippen LogP contribution in [0.5, 0.6) is 17.2 Å². The summed E-state index contributed by atoms with van der Waals surface area (Å²) in [6.45, 7) is 1.21. The molecule has 2 aromatic carbocycles. The lowest BCUT2D eigenvalue weighted by atomic mass is 10.1. The molecule has 0 unspecified atom stereocenters. The Labute approximate surface area is 143 Å². The molecule has 0 spiro atoms. The zero-order chi connectivity index (χ0) is 18.0. The van der Waals surface area contributed by atoms with Gasteiger partial charge in [-0.15, -0.1) is 0 Å². The predicted octanol–water partition coefficient (Wildman–Crippen LogP) is 3.38. The average Bonchev–Trinajstić information content (AvgIpc) is 2.61. The van der Waals surface area contributed by atoms with E-state index in [2.05, 4.69) is 9.97 Å². The van der Waals surface area contributed by atoms with Crippen molar-refractivity contribution in [1.82, 2.24) is 9.97 Å². The van der Waals surface area contributed by atoms with Crippen LogP contribution in [0.25, 0.3) is 22.3 Å². The van der Waals surface area contributed by atoms with Gasteiger partial charge in [-0.1, -0.05) is 0 Å². The summed E-state index contributed by atoms with van der Waals surface area (Å²) in [6.07, 6.45) is 1.54. The maximum atomic E-state index is 14.1. The van der Waals surface area contributed by atoms with E-state index in [1.165, 1.54) is 32.4 Å². The van der Waals surface area contributed by atoms with E-state index < -0.39 is 11.8 Å². The summed E-state index contributed by atoms with van der Waals surface area (Å²) < 4.78 is 29.3. The van der Waals surface area contributed by atoms with Crippen molar-refractivity contribution in [3.05, 3.63) is 42.3 Å². The number of rotatable bonds is 4. The number of methoxy groups -OCH3 is 2. The van der Waals surface area contributed by atoms with Gasteiger partial charge in [-0.3, -0.25) is 9.78 Å². The summed E-state index contributed by atoms with van der Waals surface area (Å²) in [6, 6.07) is 7.66. The van der Waals surface area contributed by atoms with Gasteiger partial charge in [0, 0.05) is 24.6 Å². The number of hydrogen-bond acceptors (Lipinski definition) is 6. The molecule has 0 aliphatic rings. The van der Waals surface area contributed by atoms with E-state index in [1.54, 1.807) is 25.3 Å². The Morgan fingerprint density at radius 1 is 1.00 bits per heavy atom. The molecule has 0 aliphatic heterocycles. The first-order valence-electron chi connectivity index (χ1n) is 7.39. The van der Waals surface area contributed by atoms with Gasteiger partial charge in [-0.25, -0.2) is 9.37 Å². The molecule has 25 heavy (non-hydrogen) atoms. The van der Waals surface area contributed by atoms with E-state index in [4.69, 9.17) is 14.2 Å². The van der Waals surface area contributed by atoms with Gasteiger partial charge in [-0.05, 0) is 18.2 Å². The summed E-state index contributed by atoms with van der Waals surface area (Å²) in [4.78, 5) is 19.8. The fourth-order valence-electron chi connectivity index (χ4n) is 2.38. The highest BCUT2D eigenvalue weighted by molar-refractivity contribution is 5.81. The molecule has 0 saturated carbocycles. The standard InChI is InChI=1S/C18H15FN2O4/c1-10(22)25-16-5-4-11(6-12(16)19)15-9-20-13-7-17(23-2)18(24-3)8-14(13)21-15/h4-9H,1-3H3. The molecule has 0 saturated heterocycles. The molecule has 3 rings (SSSR count). The van der Waals surface area contributed by atoms with Crippen molar-refractivity contribution in [1.29, 1.82) is 0 Å². The number of ether oxygens (including phenoxy) is 3. The third-order valence-corrected chi connectivity index (χ3v) is 3.53. The van der Waals surface area contributed by atoms with Gasteiger partial charge >= 0.3 is 5.97 Å². The van der Waals surface area contributed by atoms with E-state index in [1.807, 2.05) is 0 Å². The van der Waals surface area contributed by atoms with Gasteiger partial charge in [0.15, 0.2) is 23.1 Å². The Hall–Kier alpha value is -3.22. The predicted molar refractivity (Wildman–Crippen MR) is 89.3 cm³/mol. The van der Waals surface area contributed by atoms with Crippen LogP contribution in [0.1, 0.15) is 6.92 Å². The Balaban J connectivity index is 2.04. The second kappa shape index (κ2) is 6.72. The molecule has 0 bridgehead atoms. The van der Waals surface area contributed by atoms with Crippen molar-refractivity contribution >= 4 is 17.0 Å². The monoisotopic (exact) mass is 342 g/mol. The third-order valence-electron chi connectivity index (χ3n) is 3.53. The Bertz CT molecular complexity index is 959. The van der Waals surface area contributed by atoms with Crippen molar-refractivity contribution in [3.63, 3.8) is 0 Å². The molecule has 0 atom stereocenters. The van der Waals surface area contributed by atoms with Crippen LogP contribution in [0.4, 0.5) is 4.39 Å². The fourth-order valence-corrected chi connectivity index (χ4v) is 2.38. The number of benzene rings is 2. The Morgan fingerprint density at radius 2 is 1.68 bits per heavy atom. The number of fused-ring (bicyclic) bond motifs is 1. The molecule has 0 aliphatic carbocycles. The van der Waals surface area contributed by atoms with Crippen LogP contribution < -0.4 is 14.2 Å². The minimum atomic E-state index is -0.651. The molecular formula is C18H15FN2O4. The van der Waals surface area contributed by atoms with Crippen molar-refractivity contribution in [2.75, 3.05) is 14.2 Å². The molecule has 0 N–H and O–H groups in total. The van der Waals surface area contributed by atoms with Gasteiger partial charge in [0.1, 0.15) is 0 Å². The first-order chi connectivity index (χ1) is 12.0. The average molecular weight is 342 g/mol. The van der Waals surface area contributed by atoms with Crippen LogP contribution >= 0.6 is 0 Å². The van der Waals surface area contributed by atoms with Crippen LogP contribution in [0.2, 0.25) is 0 Å². The molecule has 0 amide bonds. The van der Waals surface area contributed by atoms with Gasteiger partial charge in [-0.2, -0.15) is 0 Å². The number of esters is 1. The van der Waals surface area contributed by atoms with Gasteiger partial charge in [0.25, 0.3) is 0 Å². The van der Waals surface area contributed by atoms with Crippen molar-refractivity contribution in [2.45, 2.75) is 6.92 Å². The van der Waals surface area contributed by atoms with Crippen LogP contribution in [0.3, 0.4) is 0 Å². The largest absolute Gasteiger partial charge is 0.493 e. The van der Waals surface area contributed by atoms with Gasteiger partial charge in [0.05, 0.1) is 37.1 Å². The zero-order valence-corrected chi connectivity index (χ0v) is 13.9. The van der Waals surface area contributed by atoms with Crippen molar-refractivity contribution in [2.24, 2.45) is 0 Å². The Kier molecular flexibility index (Phi) is 4.47. The van der Waals surface area contributed by atoms with Gasteiger partial charge < -0.3 is 14.2 Å². The van der Waals surface area contributed by atoms with E-state index in [-0.39, 0.29) is 5.75 Å². The van der Waals surface area contributed by atoms with E-state index >= 15 is 0 Å². The van der Waals surface area contributed by atoms with E-state index in [0.717, 1.165) is 0 Å². The van der Waals surface area contributed by atoms with Crippen LogP contribution in [-0.4, -0.2) is 30.2 Å². The summed E-state index contributed by atoms with van der Waals surface area (Å²) in [7, 11) is 3.07. The normalized spacial score (nSPS) is 10.6. The lowest BCUT2D eigenvalue weighted by Gasteiger charge is -2.09. The number of carbonyl (C=O) groups is 1. The number of halogens is 1. The Morgan fingerprint density at radius 3 is 2.28 bits per heavy atom. The fraction of sp³-hybridized carbons (Fsp3) is 0.167. The summed E-state index contributed by atoms with van der Waals surface area (Å²) in [5, 5.41) is 0.